The van der Waals surface area contributed by atoms with Gasteiger partial charge in [0.15, 0.2) is 21.3 Å². The molecule has 0 spiro atoms. The number of alkyl carbamates (subject to hydrolysis) is 1. The van der Waals surface area contributed by atoms with Crippen LogP contribution in [-0.4, -0.2) is 106 Å². The van der Waals surface area contributed by atoms with Gasteiger partial charge >= 0.3 is 26.3 Å². The zero-order valence-corrected chi connectivity index (χ0v) is 44.3. The van der Waals surface area contributed by atoms with Crippen LogP contribution in [0.25, 0.3) is 22.0 Å². The number of carbonyl (C=O) groups excluding carboxylic acids is 3. The number of amides is 3. The van der Waals surface area contributed by atoms with Crippen LogP contribution in [0.5, 0.6) is 0 Å². The molecule has 1 saturated carbocycles. The smallest absolute Gasteiger partial charge is 0.422 e. The summed E-state index contributed by atoms with van der Waals surface area (Å²) in [6.07, 6.45) is -12.7. The van der Waals surface area contributed by atoms with E-state index in [9.17, 15) is 70.9 Å². The number of alkyl halides is 8. The lowest BCUT2D eigenvalue weighted by Crippen LogP contribution is -2.37. The average molecular weight is 1210 g/mol. The number of anilines is 1. The number of sulfone groups is 1. The average Bonchev–Trinajstić information content (AvgIpc) is 3.62. The molecular weight excluding hydrogens is 1170 g/mol. The highest BCUT2D eigenvalue weighted by Crippen LogP contribution is 2.68. The minimum absolute atomic E-state index is 0.0101. The van der Waals surface area contributed by atoms with Crippen LogP contribution in [0.2, 0.25) is 5.02 Å². The summed E-state index contributed by atoms with van der Waals surface area (Å²) in [5.41, 5.74) is -6.29. The molecule has 3 amide bonds. The minimum Gasteiger partial charge on any atom is -0.422 e. The van der Waals surface area contributed by atoms with Crippen molar-refractivity contribution < 1.29 is 98.7 Å². The Morgan fingerprint density at radius 2 is 1.62 bits per heavy atom. The maximum Gasteiger partial charge on any atom is 0.472 e. The highest BCUT2D eigenvalue weighted by atomic mass is 35.5. The second kappa shape index (κ2) is 21.6. The third kappa shape index (κ3) is 13.6. The van der Waals surface area contributed by atoms with Crippen LogP contribution >= 0.6 is 19.4 Å². The van der Waals surface area contributed by atoms with Crippen molar-refractivity contribution in [3.63, 3.8) is 0 Å². The van der Waals surface area contributed by atoms with E-state index in [2.05, 4.69) is 46.9 Å². The van der Waals surface area contributed by atoms with E-state index in [1.807, 2.05) is 0 Å². The van der Waals surface area contributed by atoms with Crippen molar-refractivity contribution >= 4 is 73.9 Å². The Morgan fingerprint density at radius 1 is 0.975 bits per heavy atom. The van der Waals surface area contributed by atoms with Gasteiger partial charge in [0.2, 0.25) is 28.6 Å². The van der Waals surface area contributed by atoms with E-state index in [0.717, 1.165) is 42.7 Å². The molecule has 0 bridgehead atoms. The number of fused-ring (bicyclic) bond motifs is 4. The van der Waals surface area contributed by atoms with Crippen LogP contribution in [0.4, 0.5) is 54.5 Å². The van der Waals surface area contributed by atoms with Crippen LogP contribution in [0.1, 0.15) is 79.0 Å². The molecule has 3 aromatic heterocycles. The van der Waals surface area contributed by atoms with Crippen molar-refractivity contribution in [2.75, 3.05) is 30.2 Å². The summed E-state index contributed by atoms with van der Waals surface area (Å²) >= 11 is 6.64. The third-order valence-electron chi connectivity index (χ3n) is 12.3. The van der Waals surface area contributed by atoms with Crippen LogP contribution in [0, 0.1) is 29.4 Å². The molecule has 0 aliphatic heterocycles. The van der Waals surface area contributed by atoms with Gasteiger partial charge in [0.1, 0.15) is 40.9 Å². The Balaban J connectivity index is 1.40. The summed E-state index contributed by atoms with van der Waals surface area (Å²) < 4.78 is 218. The number of benzene rings is 2. The zero-order chi connectivity index (χ0) is 58.7. The van der Waals surface area contributed by atoms with E-state index in [1.54, 1.807) is 0 Å². The van der Waals surface area contributed by atoms with Gasteiger partial charge in [0.05, 0.1) is 33.9 Å². The van der Waals surface area contributed by atoms with Crippen molar-refractivity contribution in [3.8, 4) is 23.0 Å². The fourth-order valence-corrected chi connectivity index (χ4v) is 10.2. The number of halogens is 11. The molecule has 0 radical (unpaired) electrons. The Bertz CT molecular complexity index is 3620. The van der Waals surface area contributed by atoms with Gasteiger partial charge in [-0.25, -0.2) is 44.5 Å². The van der Waals surface area contributed by atoms with Crippen LogP contribution < -0.4 is 14.9 Å². The number of rotatable bonds is 18. The van der Waals surface area contributed by atoms with E-state index in [1.165, 1.54) is 13.8 Å². The minimum atomic E-state index is -5.25. The van der Waals surface area contributed by atoms with Gasteiger partial charge in [-0.2, -0.15) is 49.6 Å². The van der Waals surface area contributed by atoms with Crippen molar-refractivity contribution in [2.45, 2.75) is 87.6 Å². The van der Waals surface area contributed by atoms with E-state index >= 15 is 8.78 Å². The fourth-order valence-electron chi connectivity index (χ4n) is 8.59. The number of nitrogens with zero attached hydrogens (tertiary/aromatic N) is 6. The molecule has 0 saturated heterocycles. The van der Waals surface area contributed by atoms with Crippen LogP contribution in [0.3, 0.4) is 0 Å². The summed E-state index contributed by atoms with van der Waals surface area (Å²) in [5, 5.41) is 10.6. The quantitative estimate of drug-likeness (QED) is 0.0223. The third-order valence-corrected chi connectivity index (χ3v) is 16.1. The molecule has 2 aromatic carbocycles. The van der Waals surface area contributed by atoms with E-state index in [-0.39, 0.29) is 36.9 Å². The zero-order valence-electron chi connectivity index (χ0n) is 41.0. The van der Waals surface area contributed by atoms with Gasteiger partial charge in [-0.1, -0.05) is 23.6 Å². The number of hydrogen-bond acceptors (Lipinski definition) is 13. The molecule has 3 atom stereocenters. The maximum atomic E-state index is 15.6. The molecular formula is C45H42ClF10N8O12PS2. The topological polar surface area (TPSA) is 271 Å². The number of phosphoric acid groups is 1. The molecule has 79 heavy (non-hydrogen) atoms. The Kier molecular flexibility index (Phi) is 16.5. The molecule has 0 unspecified atom stereocenters. The van der Waals surface area contributed by atoms with Gasteiger partial charge in [-0.05, 0) is 80.8 Å². The molecule has 20 nitrogen and oxygen atoms in total. The first-order chi connectivity index (χ1) is 36.3. The Labute approximate surface area is 446 Å². The van der Waals surface area contributed by atoms with Gasteiger partial charge in [0, 0.05) is 47.9 Å². The number of phosphoric ester groups is 1. The molecule has 2 aliphatic rings. The maximum absolute atomic E-state index is 15.6. The van der Waals surface area contributed by atoms with Crippen LogP contribution in [-0.2, 0) is 74.9 Å². The van der Waals surface area contributed by atoms with E-state index in [0.29, 0.717) is 12.3 Å². The van der Waals surface area contributed by atoms with E-state index in [4.69, 9.17) is 21.4 Å². The van der Waals surface area contributed by atoms with Crippen molar-refractivity contribution in [1.82, 2.24) is 35.2 Å². The summed E-state index contributed by atoms with van der Waals surface area (Å²) in [5.74, 6) is -7.69. The lowest BCUT2D eigenvalue weighted by atomic mass is 9.93. The first-order valence-corrected chi connectivity index (χ1v) is 28.4. The lowest BCUT2D eigenvalue weighted by Gasteiger charge is -2.23. The molecule has 7 rings (SSSR count). The highest BCUT2D eigenvalue weighted by Gasteiger charge is 2.68. The predicted molar refractivity (Wildman–Crippen MR) is 257 cm³/mol. The number of pyridine rings is 1. The number of ether oxygens (including phenoxy) is 1. The van der Waals surface area contributed by atoms with Gasteiger partial charge in [-0.3, -0.25) is 19.0 Å². The number of nitrogens with one attached hydrogen (secondary N) is 2. The molecule has 2 aliphatic carbocycles. The summed E-state index contributed by atoms with van der Waals surface area (Å²) in [4.78, 5) is 62.0. The largest absolute Gasteiger partial charge is 0.472 e. The second-order valence-electron chi connectivity index (χ2n) is 18.6. The lowest BCUT2D eigenvalue weighted by molar-refractivity contribution is -0.143. The first kappa shape index (κ1) is 60.3. The Hall–Kier alpha value is -6.36. The van der Waals surface area contributed by atoms with Gasteiger partial charge in [0.25, 0.3) is 5.92 Å². The monoisotopic (exact) mass is 1210 g/mol. The summed E-state index contributed by atoms with van der Waals surface area (Å²) in [6, 6.07) is 4.45. The van der Waals surface area contributed by atoms with Crippen molar-refractivity contribution in [3.05, 3.63) is 93.0 Å². The fraction of sp³-hybridized carbons (Fsp3) is 0.422. The molecule has 4 N–H and O–H groups in total. The molecule has 34 heteroatoms. The molecule has 5 aromatic rings. The molecule has 3 heterocycles. The molecule has 428 valence electrons. The number of sulfonamides is 1. The second-order valence-corrected chi connectivity index (χ2v) is 24.7. The number of carbonyl (C=O) groups is 3. The van der Waals surface area contributed by atoms with Gasteiger partial charge in [-0.15, -0.1) is 0 Å². The van der Waals surface area contributed by atoms with Crippen LogP contribution in [0.15, 0.2) is 42.5 Å². The normalized spacial score (nSPS) is 16.6. The Morgan fingerprint density at radius 3 is 2.22 bits per heavy atom. The summed E-state index contributed by atoms with van der Waals surface area (Å²) in [7, 11) is -13.9. The predicted octanol–water partition coefficient (Wildman–Crippen LogP) is 7.16. The summed E-state index contributed by atoms with van der Waals surface area (Å²) in [6.45, 7) is -2.64. The number of aromatic nitrogens is 5. The van der Waals surface area contributed by atoms with Gasteiger partial charge < -0.3 is 25.2 Å². The standard InChI is InChI=1S/C45H42ClF10N8O12PS2/c1-42(2,78(3,71)72)12-11-25-7-8-26(36(58-25)31(16-22-14-23(47)17-24(48)15-22)59-32(65)19-62-39-34(38(60-62)45(54,55)56)28-18-29(28)44(39,52)53)27-9-10-30(46)35-37(27)63(20-43(49,50)51)61-40(35)64(79(4,73)74)33(66)6-5-13-57-41(67)75-21-76-77(68,69)70/h7-10,14-15,17,28-29,31H,5-6,13,16,18-21H2,1-4H3,(H,57,67)(H,59,65)(H2,68,69,70)/t28-,29+,31-/m0/s1. The van der Waals surface area contributed by atoms with Crippen molar-refractivity contribution in [2.24, 2.45) is 5.92 Å². The first-order valence-electron chi connectivity index (χ1n) is 22.7. The van der Waals surface area contributed by atoms with Crippen molar-refractivity contribution in [1.29, 1.82) is 0 Å². The SMILES string of the molecule is CC(C)(C#Cc1ccc(-c2ccc(Cl)c3c(N(C(=O)CCCNC(=O)OCOP(=O)(O)O)S(C)(=O)=O)nn(CC(F)(F)F)c23)c([C@H](Cc2cc(F)cc(F)c2)NC(=O)Cn2nc(C(F)(F)F)c3c2C(F)(F)[C@@H]2C[C@H]32)n1)S(C)(=O)=O. The molecule has 1 fully saturated rings. The highest BCUT2D eigenvalue weighted by molar-refractivity contribution is 7.93. The number of hydrogen-bond donors (Lipinski definition) is 4. The van der Waals surface area contributed by atoms with E-state index < -0.39 is 194 Å².